The lowest BCUT2D eigenvalue weighted by Gasteiger charge is -2.11. The van der Waals surface area contributed by atoms with E-state index in [4.69, 9.17) is 18.9 Å². The molecule has 1 heterocycles. The Morgan fingerprint density at radius 1 is 1.39 bits per heavy atom. The van der Waals surface area contributed by atoms with Gasteiger partial charge in [0.25, 0.3) is 0 Å². The first-order valence-corrected chi connectivity index (χ1v) is 5.80. The van der Waals surface area contributed by atoms with E-state index in [2.05, 4.69) is 0 Å². The van der Waals surface area contributed by atoms with Crippen molar-refractivity contribution < 1.29 is 23.7 Å². The average Bonchev–Trinajstić information content (AvgIpc) is 2.77. The van der Waals surface area contributed by atoms with Crippen molar-refractivity contribution in [2.24, 2.45) is 0 Å². The van der Waals surface area contributed by atoms with E-state index in [-0.39, 0.29) is 12.6 Å². The fourth-order valence-corrected chi connectivity index (χ4v) is 1.62. The summed E-state index contributed by atoms with van der Waals surface area (Å²) < 4.78 is 20.9. The molecular formula is C13H16O5. The Bertz CT molecular complexity index is 378. The molecular weight excluding hydrogens is 236 g/mol. The maximum absolute atomic E-state index is 10.7. The van der Waals surface area contributed by atoms with Crippen LogP contribution in [0.3, 0.4) is 0 Å². The second-order valence-electron chi connectivity index (χ2n) is 3.94. The van der Waals surface area contributed by atoms with Crippen LogP contribution >= 0.6 is 0 Å². The van der Waals surface area contributed by atoms with E-state index >= 15 is 0 Å². The topological polar surface area (TPSA) is 54.0 Å². The molecule has 1 aromatic carbocycles. The Kier molecular flexibility index (Phi) is 4.69. The van der Waals surface area contributed by atoms with Crippen molar-refractivity contribution in [1.82, 2.24) is 0 Å². The van der Waals surface area contributed by atoms with Crippen LogP contribution in [0.25, 0.3) is 0 Å². The zero-order valence-corrected chi connectivity index (χ0v) is 10.2. The molecule has 0 spiro atoms. The van der Waals surface area contributed by atoms with Gasteiger partial charge in [0.2, 0.25) is 6.29 Å². The number of esters is 1. The molecule has 0 amide bonds. The lowest BCUT2D eigenvalue weighted by Crippen LogP contribution is -2.21. The van der Waals surface area contributed by atoms with E-state index in [0.29, 0.717) is 13.2 Å². The largest absolute Gasteiger partial charge is 0.433 e. The number of hydrogen-bond acceptors (Lipinski definition) is 5. The number of carbonyl (C=O) groups is 1. The van der Waals surface area contributed by atoms with Gasteiger partial charge in [0, 0.05) is 6.92 Å². The highest BCUT2D eigenvalue weighted by Crippen LogP contribution is 2.13. The normalized spacial score (nSPS) is 22.9. The van der Waals surface area contributed by atoms with Crippen LogP contribution in [0.15, 0.2) is 30.3 Å². The predicted octanol–water partition coefficient (Wildman–Crippen LogP) is 1.47. The van der Waals surface area contributed by atoms with E-state index in [1.807, 2.05) is 30.3 Å². The summed E-state index contributed by atoms with van der Waals surface area (Å²) in [7, 11) is 0. The zero-order valence-electron chi connectivity index (χ0n) is 10.2. The van der Waals surface area contributed by atoms with Gasteiger partial charge in [-0.25, -0.2) is 0 Å². The standard InChI is InChI=1S/C13H16O5/c1-10(14)17-13-9-16-12(18-13)8-15-7-11-5-3-2-4-6-11/h2-6,12-13H,7-9H2,1H3/t12-,13?/m0/s1. The van der Waals surface area contributed by atoms with Crippen molar-refractivity contribution in [3.8, 4) is 0 Å². The van der Waals surface area contributed by atoms with Crippen molar-refractivity contribution in [1.29, 1.82) is 0 Å². The van der Waals surface area contributed by atoms with E-state index in [9.17, 15) is 4.79 Å². The Balaban J connectivity index is 1.65. The van der Waals surface area contributed by atoms with E-state index in [1.54, 1.807) is 0 Å². The summed E-state index contributed by atoms with van der Waals surface area (Å²) >= 11 is 0. The molecule has 0 aromatic heterocycles. The van der Waals surface area contributed by atoms with Gasteiger partial charge in [0.15, 0.2) is 6.29 Å². The van der Waals surface area contributed by atoms with Crippen molar-refractivity contribution >= 4 is 5.97 Å². The van der Waals surface area contributed by atoms with Crippen LogP contribution in [0.5, 0.6) is 0 Å². The average molecular weight is 252 g/mol. The molecule has 1 unspecified atom stereocenters. The molecule has 1 saturated heterocycles. The molecule has 2 atom stereocenters. The minimum atomic E-state index is -0.618. The summed E-state index contributed by atoms with van der Waals surface area (Å²) in [5.41, 5.74) is 1.09. The molecule has 1 aromatic rings. The summed E-state index contributed by atoms with van der Waals surface area (Å²) in [6.07, 6.45) is -1.09. The second-order valence-corrected chi connectivity index (χ2v) is 3.94. The molecule has 0 N–H and O–H groups in total. The maximum atomic E-state index is 10.7. The quantitative estimate of drug-likeness (QED) is 0.743. The SMILES string of the molecule is CC(=O)OC1CO[C@H](COCc2ccccc2)O1. The highest BCUT2D eigenvalue weighted by molar-refractivity contribution is 5.66. The van der Waals surface area contributed by atoms with Gasteiger partial charge in [-0.15, -0.1) is 0 Å². The van der Waals surface area contributed by atoms with Crippen molar-refractivity contribution in [2.75, 3.05) is 13.2 Å². The molecule has 1 aliphatic heterocycles. The van der Waals surface area contributed by atoms with Crippen LogP contribution in [-0.2, 0) is 30.3 Å². The fourth-order valence-electron chi connectivity index (χ4n) is 1.62. The van der Waals surface area contributed by atoms with Gasteiger partial charge in [0.1, 0.15) is 6.61 Å². The van der Waals surface area contributed by atoms with E-state index in [1.165, 1.54) is 6.92 Å². The molecule has 18 heavy (non-hydrogen) atoms. The lowest BCUT2D eigenvalue weighted by atomic mass is 10.2. The monoisotopic (exact) mass is 252 g/mol. The minimum absolute atomic E-state index is 0.249. The first-order chi connectivity index (χ1) is 8.74. The van der Waals surface area contributed by atoms with Gasteiger partial charge in [-0.2, -0.15) is 0 Å². The highest BCUT2D eigenvalue weighted by atomic mass is 16.8. The Morgan fingerprint density at radius 2 is 2.17 bits per heavy atom. The summed E-state index contributed by atoms with van der Waals surface area (Å²) in [6.45, 7) is 2.40. The summed E-state index contributed by atoms with van der Waals surface area (Å²) in [5.74, 6) is -0.380. The van der Waals surface area contributed by atoms with Gasteiger partial charge >= 0.3 is 5.97 Å². The molecule has 1 aliphatic rings. The third-order valence-electron chi connectivity index (χ3n) is 2.38. The van der Waals surface area contributed by atoms with Crippen LogP contribution < -0.4 is 0 Å². The minimum Gasteiger partial charge on any atom is -0.433 e. The maximum Gasteiger partial charge on any atom is 0.305 e. The predicted molar refractivity (Wildman–Crippen MR) is 62.5 cm³/mol. The summed E-state index contributed by atoms with van der Waals surface area (Å²) in [4.78, 5) is 10.7. The molecule has 1 fully saturated rings. The van der Waals surface area contributed by atoms with Gasteiger partial charge in [-0.05, 0) is 5.56 Å². The number of ether oxygens (including phenoxy) is 4. The molecule has 5 nitrogen and oxygen atoms in total. The van der Waals surface area contributed by atoms with Crippen molar-refractivity contribution in [3.63, 3.8) is 0 Å². The fraction of sp³-hybridized carbons (Fsp3) is 0.462. The van der Waals surface area contributed by atoms with E-state index < -0.39 is 12.6 Å². The van der Waals surface area contributed by atoms with Gasteiger partial charge < -0.3 is 18.9 Å². The molecule has 0 saturated carbocycles. The first-order valence-electron chi connectivity index (χ1n) is 5.80. The van der Waals surface area contributed by atoms with Gasteiger partial charge in [-0.3, -0.25) is 4.79 Å². The molecule has 0 radical (unpaired) electrons. The highest BCUT2D eigenvalue weighted by Gasteiger charge is 2.28. The molecule has 98 valence electrons. The van der Waals surface area contributed by atoms with Crippen LogP contribution in [0.1, 0.15) is 12.5 Å². The Labute approximate surface area is 106 Å². The number of rotatable bonds is 5. The Morgan fingerprint density at radius 3 is 2.89 bits per heavy atom. The molecule has 5 heteroatoms. The smallest absolute Gasteiger partial charge is 0.305 e. The van der Waals surface area contributed by atoms with Crippen LogP contribution in [0.4, 0.5) is 0 Å². The molecule has 0 bridgehead atoms. The third kappa shape index (κ3) is 4.10. The van der Waals surface area contributed by atoms with Crippen LogP contribution in [-0.4, -0.2) is 31.8 Å². The molecule has 2 rings (SSSR count). The second kappa shape index (κ2) is 6.49. The van der Waals surface area contributed by atoms with Gasteiger partial charge in [0.05, 0.1) is 13.2 Å². The third-order valence-corrected chi connectivity index (χ3v) is 2.38. The number of hydrogen-bond donors (Lipinski definition) is 0. The zero-order chi connectivity index (χ0) is 12.8. The van der Waals surface area contributed by atoms with Crippen molar-refractivity contribution in [2.45, 2.75) is 26.1 Å². The van der Waals surface area contributed by atoms with Crippen LogP contribution in [0, 0.1) is 0 Å². The summed E-state index contributed by atoms with van der Waals surface area (Å²) in [5, 5.41) is 0. The Hall–Kier alpha value is -1.43. The lowest BCUT2D eigenvalue weighted by molar-refractivity contribution is -0.180. The van der Waals surface area contributed by atoms with Gasteiger partial charge in [-0.1, -0.05) is 30.3 Å². The summed E-state index contributed by atoms with van der Waals surface area (Å²) in [6, 6.07) is 9.84. The number of carbonyl (C=O) groups excluding carboxylic acids is 1. The van der Waals surface area contributed by atoms with E-state index in [0.717, 1.165) is 5.56 Å². The van der Waals surface area contributed by atoms with Crippen LogP contribution in [0.2, 0.25) is 0 Å². The first kappa shape index (κ1) is 13.0. The van der Waals surface area contributed by atoms with Crippen molar-refractivity contribution in [3.05, 3.63) is 35.9 Å². The molecule has 0 aliphatic carbocycles. The number of benzene rings is 1.